The zero-order valence-electron chi connectivity index (χ0n) is 13.6. The van der Waals surface area contributed by atoms with Crippen molar-refractivity contribution in [3.05, 3.63) is 59.9 Å². The number of anilines is 1. The van der Waals surface area contributed by atoms with Gasteiger partial charge in [0, 0.05) is 12.1 Å². The van der Waals surface area contributed by atoms with Gasteiger partial charge < -0.3 is 20.5 Å². The molecule has 2 amide bonds. The van der Waals surface area contributed by atoms with Gasteiger partial charge in [0.1, 0.15) is 11.6 Å². The standard InChI is InChI=1S/C18H21FN2O3/c1-12(10-17(22)13-6-4-3-5-7-13)20-18(23)21-16-11-14(24-2)8-9-15(16)19/h3-9,11-12,17,22H,10H2,1-2H3,(H2,20,21,23). The second-order valence-electron chi connectivity index (χ2n) is 5.51. The molecule has 0 spiro atoms. The maximum atomic E-state index is 13.7. The Morgan fingerprint density at radius 2 is 1.96 bits per heavy atom. The average molecular weight is 332 g/mol. The van der Waals surface area contributed by atoms with Crippen molar-refractivity contribution < 1.29 is 19.0 Å². The number of halogens is 1. The first-order valence-electron chi connectivity index (χ1n) is 7.63. The summed E-state index contributed by atoms with van der Waals surface area (Å²) in [5, 5.41) is 15.3. The Labute approximate surface area is 140 Å². The molecule has 3 N–H and O–H groups in total. The third-order valence-electron chi connectivity index (χ3n) is 3.56. The zero-order chi connectivity index (χ0) is 17.5. The van der Waals surface area contributed by atoms with Crippen LogP contribution in [0.3, 0.4) is 0 Å². The Balaban J connectivity index is 1.90. The van der Waals surface area contributed by atoms with Crippen molar-refractivity contribution in [2.45, 2.75) is 25.5 Å². The minimum Gasteiger partial charge on any atom is -0.497 e. The molecule has 0 bridgehead atoms. The fourth-order valence-corrected chi connectivity index (χ4v) is 2.31. The number of ether oxygens (including phenoxy) is 1. The molecular weight excluding hydrogens is 311 g/mol. The van der Waals surface area contributed by atoms with Crippen LogP contribution in [0.15, 0.2) is 48.5 Å². The first kappa shape index (κ1) is 17.7. The third-order valence-corrected chi connectivity index (χ3v) is 3.56. The van der Waals surface area contributed by atoms with E-state index >= 15 is 0 Å². The lowest BCUT2D eigenvalue weighted by Gasteiger charge is -2.19. The second kappa shape index (κ2) is 8.31. The highest BCUT2D eigenvalue weighted by molar-refractivity contribution is 5.89. The summed E-state index contributed by atoms with van der Waals surface area (Å²) >= 11 is 0. The minimum atomic E-state index is -0.685. The molecular formula is C18H21FN2O3. The van der Waals surface area contributed by atoms with Crippen LogP contribution < -0.4 is 15.4 Å². The van der Waals surface area contributed by atoms with E-state index in [1.54, 1.807) is 6.92 Å². The van der Waals surface area contributed by atoms with E-state index in [0.29, 0.717) is 12.2 Å². The number of carbonyl (C=O) groups is 1. The molecule has 2 unspecified atom stereocenters. The molecule has 0 fully saturated rings. The van der Waals surface area contributed by atoms with Crippen LogP contribution in [-0.2, 0) is 0 Å². The van der Waals surface area contributed by atoms with Crippen LogP contribution >= 0.6 is 0 Å². The van der Waals surface area contributed by atoms with Gasteiger partial charge in [0.25, 0.3) is 0 Å². The number of benzene rings is 2. The summed E-state index contributed by atoms with van der Waals surface area (Å²) in [7, 11) is 1.46. The molecule has 2 aromatic rings. The number of rotatable bonds is 6. The summed E-state index contributed by atoms with van der Waals surface area (Å²) in [5.74, 6) is -0.109. The van der Waals surface area contributed by atoms with E-state index in [2.05, 4.69) is 10.6 Å². The number of nitrogens with one attached hydrogen (secondary N) is 2. The summed E-state index contributed by atoms with van der Waals surface area (Å²) in [6.07, 6.45) is -0.340. The summed E-state index contributed by atoms with van der Waals surface area (Å²) < 4.78 is 18.7. The number of aliphatic hydroxyl groups is 1. The van der Waals surface area contributed by atoms with E-state index < -0.39 is 18.0 Å². The Morgan fingerprint density at radius 1 is 1.25 bits per heavy atom. The maximum absolute atomic E-state index is 13.7. The van der Waals surface area contributed by atoms with Crippen LogP contribution in [0.5, 0.6) is 5.75 Å². The largest absolute Gasteiger partial charge is 0.497 e. The van der Waals surface area contributed by atoms with Gasteiger partial charge in [-0.3, -0.25) is 0 Å². The van der Waals surface area contributed by atoms with Crippen molar-refractivity contribution in [3.8, 4) is 5.75 Å². The highest BCUT2D eigenvalue weighted by atomic mass is 19.1. The molecule has 2 aromatic carbocycles. The molecule has 0 aliphatic rings. The average Bonchev–Trinajstić information content (AvgIpc) is 2.57. The summed E-state index contributed by atoms with van der Waals surface area (Å²) in [4.78, 5) is 12.0. The van der Waals surface area contributed by atoms with Crippen LogP contribution in [-0.4, -0.2) is 24.3 Å². The van der Waals surface area contributed by atoms with Crippen molar-refractivity contribution in [3.63, 3.8) is 0 Å². The van der Waals surface area contributed by atoms with Gasteiger partial charge in [0.2, 0.25) is 0 Å². The highest BCUT2D eigenvalue weighted by Crippen LogP contribution is 2.21. The van der Waals surface area contributed by atoms with E-state index in [9.17, 15) is 14.3 Å². The number of carbonyl (C=O) groups excluding carboxylic acids is 1. The van der Waals surface area contributed by atoms with Crippen LogP contribution in [0, 0.1) is 5.82 Å². The van der Waals surface area contributed by atoms with Gasteiger partial charge in [-0.05, 0) is 31.0 Å². The lowest BCUT2D eigenvalue weighted by Crippen LogP contribution is -2.37. The maximum Gasteiger partial charge on any atom is 0.319 e. The zero-order valence-corrected chi connectivity index (χ0v) is 13.6. The summed E-state index contributed by atoms with van der Waals surface area (Å²) in [5.41, 5.74) is 0.813. The molecule has 5 nitrogen and oxygen atoms in total. The van der Waals surface area contributed by atoms with Crippen LogP contribution in [0.4, 0.5) is 14.9 Å². The number of amides is 2. The van der Waals surface area contributed by atoms with Crippen molar-refractivity contribution in [1.29, 1.82) is 0 Å². The van der Waals surface area contributed by atoms with Gasteiger partial charge in [-0.25, -0.2) is 9.18 Å². The molecule has 0 heterocycles. The monoisotopic (exact) mass is 332 g/mol. The molecule has 24 heavy (non-hydrogen) atoms. The van der Waals surface area contributed by atoms with E-state index in [1.807, 2.05) is 30.3 Å². The lowest BCUT2D eigenvalue weighted by molar-refractivity contribution is 0.155. The molecule has 2 atom stereocenters. The summed E-state index contributed by atoms with van der Waals surface area (Å²) in [6.45, 7) is 1.77. The van der Waals surface area contributed by atoms with E-state index in [-0.39, 0.29) is 11.7 Å². The molecule has 0 aromatic heterocycles. The summed E-state index contributed by atoms with van der Waals surface area (Å²) in [6, 6.07) is 12.4. The molecule has 0 saturated carbocycles. The minimum absolute atomic E-state index is 0.0302. The normalized spacial score (nSPS) is 13.0. The molecule has 2 rings (SSSR count). The van der Waals surface area contributed by atoms with Gasteiger partial charge in [-0.1, -0.05) is 30.3 Å². The van der Waals surface area contributed by atoms with Gasteiger partial charge >= 0.3 is 6.03 Å². The van der Waals surface area contributed by atoms with Gasteiger partial charge in [0.15, 0.2) is 0 Å². The number of hydrogen-bond donors (Lipinski definition) is 3. The first-order valence-corrected chi connectivity index (χ1v) is 7.63. The predicted octanol–water partition coefficient (Wildman–Crippen LogP) is 3.47. The SMILES string of the molecule is COc1ccc(F)c(NC(=O)NC(C)CC(O)c2ccccc2)c1. The Morgan fingerprint density at radius 3 is 2.62 bits per heavy atom. The van der Waals surface area contributed by atoms with Crippen molar-refractivity contribution in [2.75, 3.05) is 12.4 Å². The molecule has 6 heteroatoms. The third kappa shape index (κ3) is 4.96. The van der Waals surface area contributed by atoms with Crippen LogP contribution in [0.25, 0.3) is 0 Å². The Kier molecular flexibility index (Phi) is 6.14. The van der Waals surface area contributed by atoms with Gasteiger partial charge in [-0.2, -0.15) is 0 Å². The Hall–Kier alpha value is -2.60. The molecule has 128 valence electrons. The topological polar surface area (TPSA) is 70.6 Å². The van der Waals surface area contributed by atoms with E-state index in [0.717, 1.165) is 5.56 Å². The van der Waals surface area contributed by atoms with Crippen molar-refractivity contribution in [2.24, 2.45) is 0 Å². The van der Waals surface area contributed by atoms with Gasteiger partial charge in [-0.15, -0.1) is 0 Å². The van der Waals surface area contributed by atoms with E-state index in [1.165, 1.54) is 25.3 Å². The molecule has 0 aliphatic carbocycles. The molecule has 0 saturated heterocycles. The number of aliphatic hydroxyl groups excluding tert-OH is 1. The quantitative estimate of drug-likeness (QED) is 0.758. The first-order chi connectivity index (χ1) is 11.5. The van der Waals surface area contributed by atoms with Crippen molar-refractivity contribution in [1.82, 2.24) is 5.32 Å². The second-order valence-corrected chi connectivity index (χ2v) is 5.51. The molecule has 0 radical (unpaired) electrons. The predicted molar refractivity (Wildman–Crippen MR) is 90.6 cm³/mol. The fraction of sp³-hybridized carbons (Fsp3) is 0.278. The molecule has 0 aliphatic heterocycles. The lowest BCUT2D eigenvalue weighted by atomic mass is 10.0. The van der Waals surface area contributed by atoms with Gasteiger partial charge in [0.05, 0.1) is 18.9 Å². The van der Waals surface area contributed by atoms with E-state index in [4.69, 9.17) is 4.74 Å². The number of hydrogen-bond acceptors (Lipinski definition) is 3. The Bertz CT molecular complexity index is 679. The van der Waals surface area contributed by atoms with Crippen molar-refractivity contribution >= 4 is 11.7 Å². The smallest absolute Gasteiger partial charge is 0.319 e. The fourth-order valence-electron chi connectivity index (χ4n) is 2.31. The number of urea groups is 1. The number of methoxy groups -OCH3 is 1. The van der Waals surface area contributed by atoms with Crippen LogP contribution in [0.2, 0.25) is 0 Å². The van der Waals surface area contributed by atoms with Crippen LogP contribution in [0.1, 0.15) is 25.0 Å². The highest BCUT2D eigenvalue weighted by Gasteiger charge is 2.15.